The Morgan fingerprint density at radius 1 is 0.903 bits per heavy atom. The summed E-state index contributed by atoms with van der Waals surface area (Å²) in [6.07, 6.45) is 1.31. The van der Waals surface area contributed by atoms with Gasteiger partial charge in [-0.2, -0.15) is 0 Å². The zero-order valence-corrected chi connectivity index (χ0v) is 18.5. The number of anilines is 1. The van der Waals surface area contributed by atoms with Crippen LogP contribution in [0.4, 0.5) is 5.13 Å². The Labute approximate surface area is 190 Å². The highest BCUT2D eigenvalue weighted by Crippen LogP contribution is 2.28. The van der Waals surface area contributed by atoms with E-state index in [-0.39, 0.29) is 5.91 Å². The third kappa shape index (κ3) is 6.44. The molecule has 0 aliphatic heterocycles. The summed E-state index contributed by atoms with van der Waals surface area (Å²) < 4.78 is 5.83. The lowest BCUT2D eigenvalue weighted by molar-refractivity contribution is -0.116. The number of hydrogen-bond donors (Lipinski definition) is 1. The molecular weight excluding hydrogens is 424 g/mol. The molecule has 0 aliphatic rings. The molecule has 0 radical (unpaired) electrons. The highest BCUT2D eigenvalue weighted by atomic mass is 32.2. The van der Waals surface area contributed by atoms with Crippen LogP contribution in [0.5, 0.6) is 11.5 Å². The number of para-hydroxylation sites is 1. The van der Waals surface area contributed by atoms with Crippen LogP contribution in [0.2, 0.25) is 0 Å². The molecule has 4 rings (SSSR count). The van der Waals surface area contributed by atoms with Gasteiger partial charge in [-0.25, -0.2) is 4.98 Å². The van der Waals surface area contributed by atoms with E-state index in [2.05, 4.69) is 22.4 Å². The Hall–Kier alpha value is -3.09. The van der Waals surface area contributed by atoms with E-state index in [1.807, 2.05) is 78.2 Å². The van der Waals surface area contributed by atoms with Gasteiger partial charge in [0.15, 0.2) is 5.13 Å². The average Bonchev–Trinajstić information content (AvgIpc) is 3.27. The van der Waals surface area contributed by atoms with Crippen molar-refractivity contribution in [3.8, 4) is 22.8 Å². The lowest BCUT2D eigenvalue weighted by Crippen LogP contribution is -2.11. The molecule has 3 aromatic carbocycles. The number of benzene rings is 3. The largest absolute Gasteiger partial charge is 0.457 e. The minimum Gasteiger partial charge on any atom is -0.457 e. The van der Waals surface area contributed by atoms with E-state index < -0.39 is 0 Å². The maximum atomic E-state index is 12.2. The molecule has 0 fully saturated rings. The first kappa shape index (κ1) is 21.2. The highest BCUT2D eigenvalue weighted by molar-refractivity contribution is 7.99. The Morgan fingerprint density at radius 3 is 2.32 bits per heavy atom. The summed E-state index contributed by atoms with van der Waals surface area (Å²) in [6, 6.07) is 27.7. The van der Waals surface area contributed by atoms with Crippen LogP contribution in [0.25, 0.3) is 11.3 Å². The van der Waals surface area contributed by atoms with Crippen molar-refractivity contribution in [1.29, 1.82) is 0 Å². The first-order chi connectivity index (χ1) is 15.3. The first-order valence-corrected chi connectivity index (χ1v) is 11.9. The molecule has 4 nitrogen and oxygen atoms in total. The van der Waals surface area contributed by atoms with Gasteiger partial charge < -0.3 is 10.1 Å². The molecule has 31 heavy (non-hydrogen) atoms. The molecule has 0 bridgehead atoms. The zero-order valence-electron chi connectivity index (χ0n) is 16.9. The predicted octanol–water partition coefficient (Wildman–Crippen LogP) is 7.11. The number of thiazole rings is 1. The standard InChI is InChI=1S/C25H22N2O2S2/c28-24(12-7-17-30-22-10-5-2-6-11-22)27-25-26-23(18-31-25)19-13-15-21(16-14-19)29-20-8-3-1-4-9-20/h1-6,8-11,13-16,18H,7,12,17H2,(H,26,27,28). The molecule has 4 aromatic rings. The van der Waals surface area contributed by atoms with Gasteiger partial charge >= 0.3 is 0 Å². The summed E-state index contributed by atoms with van der Waals surface area (Å²) in [6.45, 7) is 0. The van der Waals surface area contributed by atoms with E-state index in [0.29, 0.717) is 11.6 Å². The molecule has 0 saturated carbocycles. The molecule has 1 heterocycles. The van der Waals surface area contributed by atoms with Crippen molar-refractivity contribution < 1.29 is 9.53 Å². The Kier molecular flexibility index (Phi) is 7.37. The van der Waals surface area contributed by atoms with Crippen LogP contribution < -0.4 is 10.1 Å². The zero-order chi connectivity index (χ0) is 21.3. The summed E-state index contributed by atoms with van der Waals surface area (Å²) in [5, 5.41) is 5.49. The molecule has 0 spiro atoms. The number of nitrogens with one attached hydrogen (secondary N) is 1. The van der Waals surface area contributed by atoms with Crippen molar-refractivity contribution in [3.05, 3.63) is 90.3 Å². The molecule has 156 valence electrons. The summed E-state index contributed by atoms with van der Waals surface area (Å²) in [5.41, 5.74) is 1.82. The van der Waals surface area contributed by atoms with E-state index in [4.69, 9.17) is 4.74 Å². The van der Waals surface area contributed by atoms with Gasteiger partial charge in [0.05, 0.1) is 5.69 Å². The normalized spacial score (nSPS) is 10.6. The van der Waals surface area contributed by atoms with Gasteiger partial charge in [-0.1, -0.05) is 36.4 Å². The predicted molar refractivity (Wildman–Crippen MR) is 129 cm³/mol. The van der Waals surface area contributed by atoms with Crippen LogP contribution in [-0.4, -0.2) is 16.6 Å². The molecular formula is C25H22N2O2S2. The number of amides is 1. The van der Waals surface area contributed by atoms with Gasteiger partial charge in [0.2, 0.25) is 5.91 Å². The smallest absolute Gasteiger partial charge is 0.226 e. The Morgan fingerprint density at radius 2 is 1.58 bits per heavy atom. The Balaban J connectivity index is 1.25. The highest BCUT2D eigenvalue weighted by Gasteiger charge is 2.09. The molecule has 6 heteroatoms. The molecule has 0 aliphatic carbocycles. The van der Waals surface area contributed by atoms with E-state index in [1.54, 1.807) is 11.8 Å². The fraction of sp³-hybridized carbons (Fsp3) is 0.120. The first-order valence-electron chi connectivity index (χ1n) is 10.0. The van der Waals surface area contributed by atoms with E-state index in [9.17, 15) is 4.79 Å². The summed E-state index contributed by atoms with van der Waals surface area (Å²) >= 11 is 3.20. The van der Waals surface area contributed by atoms with Crippen molar-refractivity contribution in [2.24, 2.45) is 0 Å². The van der Waals surface area contributed by atoms with E-state index >= 15 is 0 Å². The van der Waals surface area contributed by atoms with E-state index in [0.717, 1.165) is 34.9 Å². The summed E-state index contributed by atoms with van der Waals surface area (Å²) in [4.78, 5) is 18.0. The van der Waals surface area contributed by atoms with Crippen LogP contribution in [0.3, 0.4) is 0 Å². The van der Waals surface area contributed by atoms with Crippen LogP contribution in [0.1, 0.15) is 12.8 Å². The number of nitrogens with zero attached hydrogens (tertiary/aromatic N) is 1. The minimum absolute atomic E-state index is 0.00108. The van der Waals surface area contributed by atoms with E-state index in [1.165, 1.54) is 16.2 Å². The van der Waals surface area contributed by atoms with Gasteiger partial charge in [0, 0.05) is 22.3 Å². The fourth-order valence-electron chi connectivity index (χ4n) is 2.90. The SMILES string of the molecule is O=C(CCCSc1ccccc1)Nc1nc(-c2ccc(Oc3ccccc3)cc2)cs1. The van der Waals surface area contributed by atoms with Crippen molar-refractivity contribution in [2.75, 3.05) is 11.1 Å². The number of thioether (sulfide) groups is 1. The van der Waals surface area contributed by atoms with Gasteiger partial charge in [0.1, 0.15) is 11.5 Å². The molecule has 1 amide bonds. The minimum atomic E-state index is 0.00108. The third-order valence-electron chi connectivity index (χ3n) is 4.44. The number of ether oxygens (including phenoxy) is 1. The van der Waals surface area contributed by atoms with Crippen molar-refractivity contribution in [1.82, 2.24) is 4.98 Å². The lowest BCUT2D eigenvalue weighted by Gasteiger charge is -2.06. The van der Waals surface area contributed by atoms with Crippen molar-refractivity contribution in [2.45, 2.75) is 17.7 Å². The second-order valence-corrected chi connectivity index (χ2v) is 8.82. The number of carbonyl (C=O) groups is 1. The quantitative estimate of drug-likeness (QED) is 0.220. The maximum absolute atomic E-state index is 12.2. The van der Waals surface area contributed by atoms with Gasteiger partial charge in [0.25, 0.3) is 0 Å². The van der Waals surface area contributed by atoms with Crippen molar-refractivity contribution >= 4 is 34.1 Å². The number of aromatic nitrogens is 1. The molecule has 0 unspecified atom stereocenters. The molecule has 1 N–H and O–H groups in total. The molecule has 0 atom stereocenters. The Bertz CT molecular complexity index is 1100. The monoisotopic (exact) mass is 446 g/mol. The van der Waals surface area contributed by atoms with Crippen LogP contribution >= 0.6 is 23.1 Å². The summed E-state index contributed by atoms with van der Waals surface area (Å²) in [7, 11) is 0. The molecule has 1 aromatic heterocycles. The molecule has 0 saturated heterocycles. The van der Waals surface area contributed by atoms with Crippen LogP contribution in [0.15, 0.2) is 95.2 Å². The number of carbonyl (C=O) groups excluding carboxylic acids is 1. The second kappa shape index (κ2) is 10.8. The summed E-state index contributed by atoms with van der Waals surface area (Å²) in [5.74, 6) is 2.49. The number of rotatable bonds is 9. The third-order valence-corrected chi connectivity index (χ3v) is 6.30. The fourth-order valence-corrected chi connectivity index (χ4v) is 4.51. The van der Waals surface area contributed by atoms with Gasteiger partial charge in [-0.05, 0) is 60.7 Å². The second-order valence-electron chi connectivity index (χ2n) is 6.79. The van der Waals surface area contributed by atoms with Gasteiger partial charge in [-0.3, -0.25) is 4.79 Å². The van der Waals surface area contributed by atoms with Crippen LogP contribution in [-0.2, 0) is 4.79 Å². The topological polar surface area (TPSA) is 51.2 Å². The van der Waals surface area contributed by atoms with Crippen molar-refractivity contribution in [3.63, 3.8) is 0 Å². The lowest BCUT2D eigenvalue weighted by atomic mass is 10.2. The average molecular weight is 447 g/mol. The number of hydrogen-bond acceptors (Lipinski definition) is 5. The maximum Gasteiger partial charge on any atom is 0.226 e. The van der Waals surface area contributed by atoms with Crippen LogP contribution in [0, 0.1) is 0 Å². The van der Waals surface area contributed by atoms with Gasteiger partial charge in [-0.15, -0.1) is 23.1 Å².